The summed E-state index contributed by atoms with van der Waals surface area (Å²) in [5, 5.41) is 0. The fraction of sp³-hybridized carbons (Fsp3) is 0.529. The van der Waals surface area contributed by atoms with Crippen LogP contribution in [0.1, 0.15) is 19.4 Å². The van der Waals surface area contributed by atoms with E-state index in [4.69, 9.17) is 9.47 Å². The number of ether oxygens (including phenoxy) is 2. The van der Waals surface area contributed by atoms with E-state index in [2.05, 4.69) is 0 Å². The lowest BCUT2D eigenvalue weighted by Crippen LogP contribution is -2.50. The lowest BCUT2D eigenvalue weighted by molar-refractivity contribution is 0.0545. The quantitative estimate of drug-likeness (QED) is 0.856. The molecule has 126 valence electrons. The Morgan fingerprint density at radius 3 is 2.00 bits per heavy atom. The normalized spacial score (nSPS) is 14.7. The van der Waals surface area contributed by atoms with Crippen molar-refractivity contribution in [3.8, 4) is 0 Å². The highest BCUT2D eigenvalue weighted by atomic mass is 16.6. The van der Waals surface area contributed by atoms with Crippen molar-refractivity contribution in [2.75, 3.05) is 32.8 Å². The molecule has 1 aromatic rings. The summed E-state index contributed by atoms with van der Waals surface area (Å²) >= 11 is 0. The Balaban J connectivity index is 1.71. The summed E-state index contributed by atoms with van der Waals surface area (Å²) in [6, 6.07) is 9.56. The summed E-state index contributed by atoms with van der Waals surface area (Å²) in [6.45, 7) is 6.53. The van der Waals surface area contributed by atoms with E-state index in [0.29, 0.717) is 38.7 Å². The van der Waals surface area contributed by atoms with E-state index in [1.54, 1.807) is 9.80 Å². The second-order valence-corrected chi connectivity index (χ2v) is 5.99. The number of benzene rings is 1. The van der Waals surface area contributed by atoms with Gasteiger partial charge >= 0.3 is 12.2 Å². The highest BCUT2D eigenvalue weighted by molar-refractivity contribution is 5.70. The molecule has 0 unspecified atom stereocenters. The molecule has 1 fully saturated rings. The minimum atomic E-state index is -0.343. The van der Waals surface area contributed by atoms with E-state index in [1.807, 2.05) is 44.2 Å². The zero-order chi connectivity index (χ0) is 16.7. The Labute approximate surface area is 137 Å². The molecular weight excluding hydrogens is 296 g/mol. The summed E-state index contributed by atoms with van der Waals surface area (Å²) in [6.07, 6.45) is -0.653. The smallest absolute Gasteiger partial charge is 0.410 e. The highest BCUT2D eigenvalue weighted by Crippen LogP contribution is 2.08. The van der Waals surface area contributed by atoms with Gasteiger partial charge in [-0.15, -0.1) is 0 Å². The molecule has 1 aromatic carbocycles. The van der Waals surface area contributed by atoms with Crippen LogP contribution in [-0.4, -0.2) is 54.8 Å². The zero-order valence-corrected chi connectivity index (χ0v) is 13.7. The second kappa shape index (κ2) is 8.41. The molecular formula is C17H24N2O4. The van der Waals surface area contributed by atoms with Crippen molar-refractivity contribution in [2.24, 2.45) is 5.92 Å². The first-order valence-corrected chi connectivity index (χ1v) is 7.93. The summed E-state index contributed by atoms with van der Waals surface area (Å²) in [4.78, 5) is 27.1. The third kappa shape index (κ3) is 5.47. The van der Waals surface area contributed by atoms with Gasteiger partial charge < -0.3 is 19.3 Å². The zero-order valence-electron chi connectivity index (χ0n) is 13.7. The summed E-state index contributed by atoms with van der Waals surface area (Å²) in [7, 11) is 0. The fourth-order valence-corrected chi connectivity index (χ4v) is 2.21. The third-order valence-electron chi connectivity index (χ3n) is 3.54. The number of hydrogen-bond acceptors (Lipinski definition) is 4. The maximum absolute atomic E-state index is 12.0. The SMILES string of the molecule is CC(C)COC(=O)N1CCN(C(=O)OCc2ccccc2)CC1. The van der Waals surface area contributed by atoms with E-state index in [9.17, 15) is 9.59 Å². The third-order valence-corrected chi connectivity index (χ3v) is 3.54. The van der Waals surface area contributed by atoms with Crippen LogP contribution >= 0.6 is 0 Å². The van der Waals surface area contributed by atoms with Crippen LogP contribution in [0, 0.1) is 5.92 Å². The van der Waals surface area contributed by atoms with Crippen LogP contribution in [0.25, 0.3) is 0 Å². The monoisotopic (exact) mass is 320 g/mol. The number of nitrogens with zero attached hydrogens (tertiary/aromatic N) is 2. The van der Waals surface area contributed by atoms with Gasteiger partial charge in [0, 0.05) is 26.2 Å². The molecule has 6 heteroatoms. The number of amides is 2. The molecule has 0 atom stereocenters. The molecule has 1 aliphatic heterocycles. The van der Waals surface area contributed by atoms with Crippen LogP contribution in [0.5, 0.6) is 0 Å². The minimum absolute atomic E-state index is 0.260. The molecule has 0 saturated carbocycles. The molecule has 1 aliphatic rings. The topological polar surface area (TPSA) is 59.1 Å². The fourth-order valence-electron chi connectivity index (χ4n) is 2.21. The maximum atomic E-state index is 12.0. The Bertz CT molecular complexity index is 511. The van der Waals surface area contributed by atoms with E-state index in [0.717, 1.165) is 5.56 Å². The van der Waals surface area contributed by atoms with Crippen molar-refractivity contribution in [3.05, 3.63) is 35.9 Å². The van der Waals surface area contributed by atoms with E-state index < -0.39 is 0 Å². The number of piperazine rings is 1. The van der Waals surface area contributed by atoms with E-state index in [1.165, 1.54) is 0 Å². The highest BCUT2D eigenvalue weighted by Gasteiger charge is 2.25. The van der Waals surface area contributed by atoms with Gasteiger partial charge in [0.15, 0.2) is 0 Å². The van der Waals surface area contributed by atoms with Crippen LogP contribution in [0.4, 0.5) is 9.59 Å². The Kier molecular flexibility index (Phi) is 6.26. The summed E-state index contributed by atoms with van der Waals surface area (Å²) in [5.74, 6) is 0.313. The van der Waals surface area contributed by atoms with Crippen molar-refractivity contribution in [3.63, 3.8) is 0 Å². The van der Waals surface area contributed by atoms with Gasteiger partial charge in [0.05, 0.1) is 6.61 Å². The number of rotatable bonds is 4. The van der Waals surface area contributed by atoms with Gasteiger partial charge in [-0.3, -0.25) is 0 Å². The largest absolute Gasteiger partial charge is 0.449 e. The van der Waals surface area contributed by atoms with Crippen LogP contribution in [0.3, 0.4) is 0 Å². The lowest BCUT2D eigenvalue weighted by Gasteiger charge is -2.33. The van der Waals surface area contributed by atoms with E-state index in [-0.39, 0.29) is 18.8 Å². The van der Waals surface area contributed by atoms with Crippen LogP contribution in [0.15, 0.2) is 30.3 Å². The van der Waals surface area contributed by atoms with Gasteiger partial charge in [0.1, 0.15) is 6.61 Å². The van der Waals surface area contributed by atoms with Gasteiger partial charge in [-0.05, 0) is 11.5 Å². The number of carbonyl (C=O) groups is 2. The first-order valence-electron chi connectivity index (χ1n) is 7.93. The Morgan fingerprint density at radius 2 is 1.48 bits per heavy atom. The molecule has 1 saturated heterocycles. The minimum Gasteiger partial charge on any atom is -0.449 e. The van der Waals surface area contributed by atoms with Gasteiger partial charge in [-0.25, -0.2) is 9.59 Å². The maximum Gasteiger partial charge on any atom is 0.410 e. The Morgan fingerprint density at radius 1 is 0.957 bits per heavy atom. The molecule has 0 spiro atoms. The molecule has 0 radical (unpaired) electrons. The molecule has 23 heavy (non-hydrogen) atoms. The molecule has 0 bridgehead atoms. The predicted molar refractivity (Wildman–Crippen MR) is 86.0 cm³/mol. The van der Waals surface area contributed by atoms with Gasteiger partial charge in [0.2, 0.25) is 0 Å². The molecule has 2 rings (SSSR count). The lowest BCUT2D eigenvalue weighted by atomic mass is 10.2. The van der Waals surface area contributed by atoms with Crippen LogP contribution < -0.4 is 0 Å². The summed E-state index contributed by atoms with van der Waals surface area (Å²) < 4.78 is 10.5. The first-order chi connectivity index (χ1) is 11.1. The van der Waals surface area contributed by atoms with E-state index >= 15 is 0 Å². The van der Waals surface area contributed by atoms with Gasteiger partial charge in [-0.2, -0.15) is 0 Å². The Hall–Kier alpha value is -2.24. The van der Waals surface area contributed by atoms with Crippen LogP contribution in [0.2, 0.25) is 0 Å². The molecule has 1 heterocycles. The van der Waals surface area contributed by atoms with Crippen molar-refractivity contribution in [2.45, 2.75) is 20.5 Å². The molecule has 0 aliphatic carbocycles. The average molecular weight is 320 g/mol. The van der Waals surface area contributed by atoms with Crippen molar-refractivity contribution >= 4 is 12.2 Å². The van der Waals surface area contributed by atoms with Crippen molar-refractivity contribution in [1.29, 1.82) is 0 Å². The van der Waals surface area contributed by atoms with Gasteiger partial charge in [0.25, 0.3) is 0 Å². The van der Waals surface area contributed by atoms with Gasteiger partial charge in [-0.1, -0.05) is 44.2 Å². The number of carbonyl (C=O) groups excluding carboxylic acids is 2. The molecule has 6 nitrogen and oxygen atoms in total. The van der Waals surface area contributed by atoms with Crippen molar-refractivity contribution < 1.29 is 19.1 Å². The first kappa shape index (κ1) is 17.1. The van der Waals surface area contributed by atoms with Crippen molar-refractivity contribution in [1.82, 2.24) is 9.80 Å². The average Bonchev–Trinajstić information content (AvgIpc) is 2.58. The summed E-state index contributed by atoms with van der Waals surface area (Å²) in [5.41, 5.74) is 0.955. The second-order valence-electron chi connectivity index (χ2n) is 5.99. The number of hydrogen-bond donors (Lipinski definition) is 0. The predicted octanol–water partition coefficient (Wildman–Crippen LogP) is 2.73. The molecule has 0 aromatic heterocycles. The molecule has 0 N–H and O–H groups in total. The van der Waals surface area contributed by atoms with Crippen LogP contribution in [-0.2, 0) is 16.1 Å². The standard InChI is InChI=1S/C17H24N2O4/c1-14(2)12-22-16(20)18-8-10-19(11-9-18)17(21)23-13-15-6-4-3-5-7-15/h3-7,14H,8-13H2,1-2H3. The molecule has 2 amide bonds.